The highest BCUT2D eigenvalue weighted by Gasteiger charge is 2.25. The van der Waals surface area contributed by atoms with E-state index in [-0.39, 0.29) is 29.9 Å². The summed E-state index contributed by atoms with van der Waals surface area (Å²) in [4.78, 5) is 16.3. The summed E-state index contributed by atoms with van der Waals surface area (Å²) in [6, 6.07) is 14.7. The van der Waals surface area contributed by atoms with E-state index in [1.807, 2.05) is 0 Å². The van der Waals surface area contributed by atoms with Crippen molar-refractivity contribution >= 4 is 27.2 Å². The number of rotatable bonds is 9. The average Bonchev–Trinajstić information content (AvgIpc) is 3.48. The molecule has 1 N–H and O–H groups in total. The summed E-state index contributed by atoms with van der Waals surface area (Å²) in [5, 5.41) is 10.7. The molecule has 38 heavy (non-hydrogen) atoms. The minimum Gasteiger partial charge on any atom is -0.508 e. The molecule has 0 spiro atoms. The van der Waals surface area contributed by atoms with E-state index in [2.05, 4.69) is 4.90 Å². The minimum atomic E-state index is -0.388. The SMILES string of the molecule is Cc1cc(F)cc(C)c1C(=O)c1sc2cc(O)ccc2c1Oc1ccc(OCCN2CC[C@@H](CF)C2)cc1. The Bertz CT molecular complexity index is 1440. The summed E-state index contributed by atoms with van der Waals surface area (Å²) in [6.07, 6.45) is 0.893. The molecule has 1 aliphatic heterocycles. The van der Waals surface area contributed by atoms with Crippen molar-refractivity contribution in [1.82, 2.24) is 4.90 Å². The Balaban J connectivity index is 1.36. The second-order valence-electron chi connectivity index (χ2n) is 9.72. The third-order valence-electron chi connectivity index (χ3n) is 6.87. The van der Waals surface area contributed by atoms with Gasteiger partial charge in [-0.2, -0.15) is 0 Å². The number of carbonyl (C=O) groups is 1. The van der Waals surface area contributed by atoms with Crippen molar-refractivity contribution < 1.29 is 28.2 Å². The predicted molar refractivity (Wildman–Crippen MR) is 145 cm³/mol. The topological polar surface area (TPSA) is 59.0 Å². The van der Waals surface area contributed by atoms with E-state index in [4.69, 9.17) is 9.47 Å². The molecule has 0 bridgehead atoms. The summed E-state index contributed by atoms with van der Waals surface area (Å²) in [5.74, 6) is 1.19. The van der Waals surface area contributed by atoms with Crippen LogP contribution in [0.1, 0.15) is 32.8 Å². The lowest BCUT2D eigenvalue weighted by atomic mass is 9.97. The number of phenolic OH excluding ortho intramolecular Hbond substituents is 1. The van der Waals surface area contributed by atoms with Gasteiger partial charge >= 0.3 is 0 Å². The number of likely N-dealkylation sites (tertiary alicyclic amines) is 1. The highest BCUT2D eigenvalue weighted by molar-refractivity contribution is 7.21. The van der Waals surface area contributed by atoms with Crippen LogP contribution in [0, 0.1) is 25.6 Å². The summed E-state index contributed by atoms with van der Waals surface area (Å²) in [6.45, 7) is 6.08. The van der Waals surface area contributed by atoms with E-state index in [9.17, 15) is 18.7 Å². The lowest BCUT2D eigenvalue weighted by Gasteiger charge is -2.16. The zero-order chi connectivity index (χ0) is 26.8. The van der Waals surface area contributed by atoms with Gasteiger partial charge in [-0.05, 0) is 92.5 Å². The maximum absolute atomic E-state index is 13.9. The zero-order valence-electron chi connectivity index (χ0n) is 21.3. The van der Waals surface area contributed by atoms with Crippen molar-refractivity contribution in [2.24, 2.45) is 5.92 Å². The van der Waals surface area contributed by atoms with Gasteiger partial charge in [0.1, 0.15) is 34.5 Å². The van der Waals surface area contributed by atoms with Gasteiger partial charge in [0.05, 0.1) is 6.67 Å². The number of fused-ring (bicyclic) bond motifs is 1. The third-order valence-corrected chi connectivity index (χ3v) is 8.00. The number of hydrogen-bond acceptors (Lipinski definition) is 6. The number of aryl methyl sites for hydroxylation is 2. The van der Waals surface area contributed by atoms with Gasteiger partial charge in [0.2, 0.25) is 5.78 Å². The van der Waals surface area contributed by atoms with Crippen LogP contribution in [0.5, 0.6) is 23.0 Å². The summed E-state index contributed by atoms with van der Waals surface area (Å²) in [7, 11) is 0. The van der Waals surface area contributed by atoms with Gasteiger partial charge in [-0.3, -0.25) is 14.1 Å². The molecule has 1 saturated heterocycles. The molecular formula is C30H29F2NO4S. The predicted octanol–water partition coefficient (Wildman–Crippen LogP) is 7.06. The average molecular weight is 538 g/mol. The highest BCUT2D eigenvalue weighted by atomic mass is 32.1. The minimum absolute atomic E-state index is 0.0917. The van der Waals surface area contributed by atoms with Crippen LogP contribution in [0.25, 0.3) is 10.1 Å². The zero-order valence-corrected chi connectivity index (χ0v) is 22.1. The number of thiophene rings is 1. The molecule has 1 aromatic heterocycles. The number of carbonyl (C=O) groups excluding carboxylic acids is 1. The Labute approximate surface area is 224 Å². The second kappa shape index (κ2) is 11.1. The van der Waals surface area contributed by atoms with Gasteiger partial charge in [-0.1, -0.05) is 0 Å². The fraction of sp³-hybridized carbons (Fsp3) is 0.300. The molecule has 0 radical (unpaired) electrons. The molecule has 0 saturated carbocycles. The molecule has 0 amide bonds. The number of benzene rings is 3. The lowest BCUT2D eigenvalue weighted by molar-refractivity contribution is 0.103. The molecule has 2 heterocycles. The number of nitrogens with zero attached hydrogens (tertiary/aromatic N) is 1. The normalized spacial score (nSPS) is 15.7. The van der Waals surface area contributed by atoms with E-state index < -0.39 is 0 Å². The molecule has 0 aliphatic carbocycles. The molecule has 3 aromatic carbocycles. The number of alkyl halides is 1. The first-order valence-electron chi connectivity index (χ1n) is 12.6. The van der Waals surface area contributed by atoms with Crippen LogP contribution >= 0.6 is 11.3 Å². The largest absolute Gasteiger partial charge is 0.508 e. The molecule has 5 rings (SSSR count). The third kappa shape index (κ3) is 5.51. The Kier molecular flexibility index (Phi) is 7.63. The van der Waals surface area contributed by atoms with E-state index in [1.165, 1.54) is 23.5 Å². The fourth-order valence-electron chi connectivity index (χ4n) is 4.95. The molecule has 198 valence electrons. The van der Waals surface area contributed by atoms with E-state index in [0.717, 1.165) is 26.1 Å². The van der Waals surface area contributed by atoms with Gasteiger partial charge in [0, 0.05) is 34.7 Å². The van der Waals surface area contributed by atoms with E-state index in [0.29, 0.717) is 55.5 Å². The number of phenols is 1. The van der Waals surface area contributed by atoms with Crippen molar-refractivity contribution in [1.29, 1.82) is 0 Å². The van der Waals surface area contributed by atoms with E-state index in [1.54, 1.807) is 56.3 Å². The standard InChI is InChI=1S/C30H29F2NO4S/c1-18-13-21(32)14-19(2)27(18)28(35)30-29(25-8-3-22(34)15-26(25)38-30)37-24-6-4-23(5-7-24)36-12-11-33-10-9-20(16-31)17-33/h3-8,13-15,20,34H,9-12,16-17H2,1-2H3/t20-/m0/s1. The summed E-state index contributed by atoms with van der Waals surface area (Å²) >= 11 is 1.23. The van der Waals surface area contributed by atoms with Gasteiger partial charge < -0.3 is 14.6 Å². The highest BCUT2D eigenvalue weighted by Crippen LogP contribution is 2.43. The van der Waals surface area contributed by atoms with Gasteiger partial charge in [-0.25, -0.2) is 4.39 Å². The molecule has 0 unspecified atom stereocenters. The van der Waals surface area contributed by atoms with Crippen LogP contribution in [-0.2, 0) is 0 Å². The quantitative estimate of drug-likeness (QED) is 0.232. The maximum Gasteiger partial charge on any atom is 0.207 e. The molecule has 1 fully saturated rings. The van der Waals surface area contributed by atoms with Crippen LogP contribution in [0.2, 0.25) is 0 Å². The van der Waals surface area contributed by atoms with Crippen LogP contribution in [0.4, 0.5) is 8.78 Å². The summed E-state index contributed by atoms with van der Waals surface area (Å²) in [5.41, 5.74) is 1.54. The van der Waals surface area contributed by atoms with Crippen molar-refractivity contribution in [3.63, 3.8) is 0 Å². The number of aromatic hydroxyl groups is 1. The van der Waals surface area contributed by atoms with Crippen molar-refractivity contribution in [3.8, 4) is 23.0 Å². The number of hydrogen-bond donors (Lipinski definition) is 1. The molecule has 5 nitrogen and oxygen atoms in total. The van der Waals surface area contributed by atoms with Gasteiger partial charge in [-0.15, -0.1) is 11.3 Å². The maximum atomic E-state index is 13.9. The van der Waals surface area contributed by atoms with Gasteiger partial charge in [0.15, 0.2) is 5.75 Å². The smallest absolute Gasteiger partial charge is 0.207 e. The van der Waals surface area contributed by atoms with E-state index >= 15 is 0 Å². The first-order valence-corrected chi connectivity index (χ1v) is 13.4. The first-order chi connectivity index (χ1) is 18.3. The van der Waals surface area contributed by atoms with Crippen LogP contribution in [0.15, 0.2) is 54.6 Å². The van der Waals surface area contributed by atoms with Crippen LogP contribution in [-0.4, -0.2) is 48.7 Å². The number of ketones is 1. The Morgan fingerprint density at radius 3 is 2.47 bits per heavy atom. The molecule has 8 heteroatoms. The van der Waals surface area contributed by atoms with Crippen molar-refractivity contribution in [2.75, 3.05) is 32.9 Å². The molecule has 1 aliphatic rings. The second-order valence-corrected chi connectivity index (χ2v) is 10.8. The molecule has 4 aromatic rings. The van der Waals surface area contributed by atoms with Crippen LogP contribution in [0.3, 0.4) is 0 Å². The number of halogens is 2. The fourth-order valence-corrected chi connectivity index (χ4v) is 6.06. The first kappa shape index (κ1) is 26.1. The van der Waals surface area contributed by atoms with Crippen molar-refractivity contribution in [3.05, 3.63) is 82.0 Å². The Morgan fingerprint density at radius 1 is 1.08 bits per heavy atom. The van der Waals surface area contributed by atoms with Crippen LogP contribution < -0.4 is 9.47 Å². The van der Waals surface area contributed by atoms with Gasteiger partial charge in [0.25, 0.3) is 0 Å². The lowest BCUT2D eigenvalue weighted by Crippen LogP contribution is -2.26. The molecule has 1 atom stereocenters. The Hall–Kier alpha value is -3.49. The molecular weight excluding hydrogens is 508 g/mol. The summed E-state index contributed by atoms with van der Waals surface area (Å²) < 4.78 is 39.5. The van der Waals surface area contributed by atoms with Crippen molar-refractivity contribution in [2.45, 2.75) is 20.3 Å². The Morgan fingerprint density at radius 2 is 1.79 bits per heavy atom. The number of ether oxygens (including phenoxy) is 2. The monoisotopic (exact) mass is 537 g/mol.